The van der Waals surface area contributed by atoms with Crippen molar-refractivity contribution >= 4 is 12.0 Å². The van der Waals surface area contributed by atoms with Crippen LogP contribution in [0.2, 0.25) is 0 Å². The summed E-state index contributed by atoms with van der Waals surface area (Å²) < 4.78 is 27.7. The van der Waals surface area contributed by atoms with Crippen molar-refractivity contribution in [3.63, 3.8) is 0 Å². The number of amides is 2. The summed E-state index contributed by atoms with van der Waals surface area (Å²) in [6, 6.07) is 1.73. The lowest BCUT2D eigenvalue weighted by atomic mass is 9.87. The number of carboxylic acid groups (broad SMARTS) is 1. The number of fused-ring (bicyclic) bond motifs is 1. The highest BCUT2D eigenvalue weighted by Gasteiger charge is 2.30. The van der Waals surface area contributed by atoms with Crippen LogP contribution in [0.15, 0.2) is 12.1 Å². The predicted molar refractivity (Wildman–Crippen MR) is 100 cm³/mol. The molecule has 0 unspecified atom stereocenters. The Kier molecular flexibility index (Phi) is 6.49. The largest absolute Gasteiger partial charge is 0.480 e. The van der Waals surface area contributed by atoms with Crippen molar-refractivity contribution in [1.29, 1.82) is 0 Å². The van der Waals surface area contributed by atoms with Gasteiger partial charge in [-0.05, 0) is 55.8 Å². The monoisotopic (exact) mass is 395 g/mol. The third-order valence-electron chi connectivity index (χ3n) is 5.80. The molecule has 2 aliphatic rings. The summed E-state index contributed by atoms with van der Waals surface area (Å²) in [5.74, 6) is -2.03. The third kappa shape index (κ3) is 4.60. The maximum absolute atomic E-state index is 14.0. The fourth-order valence-corrected chi connectivity index (χ4v) is 4.33. The quantitative estimate of drug-likeness (QED) is 0.804. The zero-order chi connectivity index (χ0) is 20.3. The molecule has 2 amide bonds. The molecule has 1 aliphatic heterocycles. The Morgan fingerprint density at radius 2 is 1.96 bits per heavy atom. The maximum atomic E-state index is 14.0. The number of carbonyl (C=O) groups is 2. The molecule has 1 fully saturated rings. The van der Waals surface area contributed by atoms with Crippen molar-refractivity contribution in [2.75, 3.05) is 26.2 Å². The molecule has 6 nitrogen and oxygen atoms in total. The van der Waals surface area contributed by atoms with E-state index in [9.17, 15) is 18.4 Å². The van der Waals surface area contributed by atoms with Crippen LogP contribution >= 0.6 is 0 Å². The molecule has 1 aliphatic carbocycles. The molecule has 3 rings (SSSR count). The summed E-state index contributed by atoms with van der Waals surface area (Å²) in [5.41, 5.74) is 1.02. The van der Waals surface area contributed by atoms with Crippen LogP contribution in [0.5, 0.6) is 0 Å². The average Bonchev–Trinajstić information content (AvgIpc) is 2.66. The van der Waals surface area contributed by atoms with E-state index in [1.807, 2.05) is 11.8 Å². The van der Waals surface area contributed by atoms with Crippen molar-refractivity contribution in [3.05, 3.63) is 34.9 Å². The van der Waals surface area contributed by atoms with E-state index in [1.54, 1.807) is 4.90 Å². The number of halogens is 2. The topological polar surface area (TPSA) is 72.9 Å². The second kappa shape index (κ2) is 8.86. The second-order valence-corrected chi connectivity index (χ2v) is 7.52. The molecular weight excluding hydrogens is 368 g/mol. The Hall–Kier alpha value is -2.22. The zero-order valence-electron chi connectivity index (χ0n) is 16.1. The molecule has 0 spiro atoms. The molecule has 1 atom stereocenters. The predicted octanol–water partition coefficient (Wildman–Crippen LogP) is 2.92. The number of nitrogens with one attached hydrogen (secondary N) is 1. The van der Waals surface area contributed by atoms with Crippen molar-refractivity contribution in [2.24, 2.45) is 0 Å². The zero-order valence-corrected chi connectivity index (χ0v) is 16.1. The van der Waals surface area contributed by atoms with Crippen LogP contribution in [0.1, 0.15) is 49.8 Å². The van der Waals surface area contributed by atoms with Gasteiger partial charge in [-0.2, -0.15) is 0 Å². The van der Waals surface area contributed by atoms with Gasteiger partial charge in [0.2, 0.25) is 0 Å². The number of likely N-dealkylation sites (N-methyl/N-ethyl adjacent to an activating group) is 1. The van der Waals surface area contributed by atoms with Crippen LogP contribution in [-0.4, -0.2) is 59.1 Å². The van der Waals surface area contributed by atoms with Gasteiger partial charge in [-0.1, -0.05) is 6.92 Å². The fourth-order valence-electron chi connectivity index (χ4n) is 4.33. The summed E-state index contributed by atoms with van der Waals surface area (Å²) >= 11 is 0. The number of hydrogen-bond acceptors (Lipinski definition) is 3. The van der Waals surface area contributed by atoms with E-state index in [1.165, 1.54) is 6.07 Å². The molecule has 8 heteroatoms. The highest BCUT2D eigenvalue weighted by Crippen LogP contribution is 2.32. The molecule has 1 heterocycles. The van der Waals surface area contributed by atoms with Crippen LogP contribution < -0.4 is 5.32 Å². The normalized spacial score (nSPS) is 20.1. The first-order valence-corrected chi connectivity index (χ1v) is 9.88. The van der Waals surface area contributed by atoms with Gasteiger partial charge in [0.1, 0.15) is 11.6 Å². The minimum atomic E-state index is -0.850. The van der Waals surface area contributed by atoms with Crippen LogP contribution in [-0.2, 0) is 11.2 Å². The van der Waals surface area contributed by atoms with E-state index in [2.05, 4.69) is 5.32 Å². The van der Waals surface area contributed by atoms with E-state index in [0.29, 0.717) is 56.4 Å². The Bertz CT molecular complexity index is 736. The van der Waals surface area contributed by atoms with Crippen molar-refractivity contribution in [3.8, 4) is 0 Å². The molecule has 0 saturated carbocycles. The van der Waals surface area contributed by atoms with E-state index >= 15 is 0 Å². The summed E-state index contributed by atoms with van der Waals surface area (Å²) in [6.45, 7) is 3.65. The molecule has 0 aromatic heterocycles. The number of rotatable bonds is 5. The highest BCUT2D eigenvalue weighted by molar-refractivity contribution is 5.75. The lowest BCUT2D eigenvalue weighted by Gasteiger charge is -2.38. The van der Waals surface area contributed by atoms with E-state index in [-0.39, 0.29) is 18.6 Å². The highest BCUT2D eigenvalue weighted by atomic mass is 19.1. The fraction of sp³-hybridized carbons (Fsp3) is 0.600. The summed E-state index contributed by atoms with van der Waals surface area (Å²) in [4.78, 5) is 27.3. The number of hydrogen-bond donors (Lipinski definition) is 2. The van der Waals surface area contributed by atoms with E-state index < -0.39 is 23.6 Å². The molecule has 0 radical (unpaired) electrons. The number of urea groups is 1. The van der Waals surface area contributed by atoms with Crippen LogP contribution in [0.4, 0.5) is 13.6 Å². The number of piperidine rings is 1. The number of carboxylic acids is 1. The lowest BCUT2D eigenvalue weighted by Crippen LogP contribution is -2.51. The molecule has 1 saturated heterocycles. The van der Waals surface area contributed by atoms with Gasteiger partial charge >= 0.3 is 12.0 Å². The van der Waals surface area contributed by atoms with Crippen LogP contribution in [0.3, 0.4) is 0 Å². The SMILES string of the molecule is CCN(CC(=O)O)C1CCN(C(=O)N[C@H]2CCCc3c(F)cc(F)cc32)CC1. The Balaban J connectivity index is 1.60. The minimum Gasteiger partial charge on any atom is -0.480 e. The maximum Gasteiger partial charge on any atom is 0.317 e. The molecule has 2 N–H and O–H groups in total. The molecule has 28 heavy (non-hydrogen) atoms. The van der Waals surface area contributed by atoms with Gasteiger partial charge in [0.05, 0.1) is 12.6 Å². The van der Waals surface area contributed by atoms with Gasteiger partial charge < -0.3 is 15.3 Å². The van der Waals surface area contributed by atoms with E-state index in [4.69, 9.17) is 5.11 Å². The van der Waals surface area contributed by atoms with Crippen molar-refractivity contribution in [2.45, 2.75) is 51.1 Å². The average molecular weight is 395 g/mol. The Labute approximate surface area is 163 Å². The molecule has 0 bridgehead atoms. The smallest absolute Gasteiger partial charge is 0.317 e. The van der Waals surface area contributed by atoms with Crippen LogP contribution in [0, 0.1) is 11.6 Å². The first-order chi connectivity index (χ1) is 13.4. The Morgan fingerprint density at radius 3 is 2.61 bits per heavy atom. The van der Waals surface area contributed by atoms with Crippen molar-refractivity contribution in [1.82, 2.24) is 15.1 Å². The first-order valence-electron chi connectivity index (χ1n) is 9.88. The van der Waals surface area contributed by atoms with Gasteiger partial charge in [-0.15, -0.1) is 0 Å². The van der Waals surface area contributed by atoms with Crippen LogP contribution in [0.25, 0.3) is 0 Å². The Morgan fingerprint density at radius 1 is 1.25 bits per heavy atom. The van der Waals surface area contributed by atoms with Gasteiger partial charge in [0.15, 0.2) is 0 Å². The standard InChI is InChI=1S/C20H27F2N3O3/c1-2-24(12-19(26)27)14-6-8-25(9-7-14)20(28)23-18-5-3-4-15-16(18)10-13(21)11-17(15)22/h10-11,14,18H,2-9,12H2,1H3,(H,23,28)(H,26,27)/t18-/m0/s1. The molecular formula is C20H27F2N3O3. The minimum absolute atomic E-state index is 0.00332. The third-order valence-corrected chi connectivity index (χ3v) is 5.80. The summed E-state index contributed by atoms with van der Waals surface area (Å²) in [6.07, 6.45) is 3.36. The van der Waals surface area contributed by atoms with Gasteiger partial charge in [-0.3, -0.25) is 9.69 Å². The number of likely N-dealkylation sites (tertiary alicyclic amines) is 1. The van der Waals surface area contributed by atoms with E-state index in [0.717, 1.165) is 12.5 Å². The van der Waals surface area contributed by atoms with Gasteiger partial charge in [0.25, 0.3) is 0 Å². The number of aliphatic carboxylic acids is 1. The number of benzene rings is 1. The second-order valence-electron chi connectivity index (χ2n) is 7.52. The molecule has 154 valence electrons. The van der Waals surface area contributed by atoms with Gasteiger partial charge in [-0.25, -0.2) is 13.6 Å². The van der Waals surface area contributed by atoms with Gasteiger partial charge in [0, 0.05) is 25.2 Å². The first kappa shape index (κ1) is 20.5. The van der Waals surface area contributed by atoms with Crippen molar-refractivity contribution < 1.29 is 23.5 Å². The molecule has 1 aromatic rings. The summed E-state index contributed by atoms with van der Waals surface area (Å²) in [7, 11) is 0. The number of nitrogens with zero attached hydrogens (tertiary/aromatic N) is 2. The molecule has 1 aromatic carbocycles. The number of carbonyl (C=O) groups excluding carboxylic acids is 1. The lowest BCUT2D eigenvalue weighted by molar-refractivity contribution is -0.139. The summed E-state index contributed by atoms with van der Waals surface area (Å²) in [5, 5.41) is 12.0.